The topological polar surface area (TPSA) is 276 Å². The van der Waals surface area contributed by atoms with Gasteiger partial charge < -0.3 is 60.8 Å². The number of ketones is 3. The number of likely N-dealkylation sites (N-methyl/N-ethyl adjacent to an activating group) is 1. The Balaban J connectivity index is 1.76. The number of carboxylic acid groups (broad SMARTS) is 1. The highest BCUT2D eigenvalue weighted by Crippen LogP contribution is 2.55. The minimum Gasteiger partial charge on any atom is -0.510 e. The molecule has 296 valence electrons. The van der Waals surface area contributed by atoms with Gasteiger partial charge in [-0.3, -0.25) is 24.1 Å². The molecular formula is C36H48N4O14. The van der Waals surface area contributed by atoms with Gasteiger partial charge in [-0.25, -0.2) is 4.79 Å². The Hall–Kier alpha value is -4.43. The van der Waals surface area contributed by atoms with Gasteiger partial charge in [0, 0.05) is 36.8 Å². The first kappa shape index (κ1) is 40.7. The Morgan fingerprint density at radius 1 is 1.04 bits per heavy atom. The number of hydrogen-bond acceptors (Lipinski definition) is 16. The number of hydrogen-bond donors (Lipinski definition) is 9. The predicted octanol–water partition coefficient (Wildman–Crippen LogP) is -1.03. The number of carboxylic acids is 1. The number of aliphatic carboxylic acids is 1. The zero-order valence-electron chi connectivity index (χ0n) is 31.2. The molecule has 1 aromatic rings. The molecule has 0 saturated carbocycles. The lowest BCUT2D eigenvalue weighted by atomic mass is 9.58. The maximum atomic E-state index is 14.9. The van der Waals surface area contributed by atoms with Gasteiger partial charge in [0.2, 0.25) is 18.0 Å². The van der Waals surface area contributed by atoms with E-state index in [0.29, 0.717) is 11.3 Å². The van der Waals surface area contributed by atoms with Crippen LogP contribution in [-0.2, 0) is 35.1 Å². The number of allylic oxidation sites excluding steroid dienone is 1. The van der Waals surface area contributed by atoms with Crippen molar-refractivity contribution in [2.75, 3.05) is 45.0 Å². The number of carbonyl (C=O) groups excluding carboxylic acids is 4. The Labute approximate surface area is 310 Å². The second kappa shape index (κ2) is 14.3. The van der Waals surface area contributed by atoms with Crippen LogP contribution in [0.25, 0.3) is 0 Å². The fourth-order valence-electron chi connectivity index (χ4n) is 7.83. The van der Waals surface area contributed by atoms with Crippen molar-refractivity contribution in [3.05, 3.63) is 39.9 Å². The van der Waals surface area contributed by atoms with Gasteiger partial charge in [-0.05, 0) is 72.2 Å². The quantitative estimate of drug-likeness (QED) is 0.107. The molecule has 1 amide bonds. The predicted molar refractivity (Wildman–Crippen MR) is 189 cm³/mol. The van der Waals surface area contributed by atoms with Gasteiger partial charge >= 0.3 is 5.97 Å². The van der Waals surface area contributed by atoms with Crippen molar-refractivity contribution >= 4 is 40.6 Å². The minimum absolute atomic E-state index is 0.0394. The molecule has 54 heavy (non-hydrogen) atoms. The molecule has 4 aliphatic rings. The van der Waals surface area contributed by atoms with E-state index in [-0.39, 0.29) is 30.6 Å². The van der Waals surface area contributed by atoms with Gasteiger partial charge in [-0.15, -0.1) is 0 Å². The Kier molecular flexibility index (Phi) is 10.8. The number of rotatable bonds is 9. The zero-order chi connectivity index (χ0) is 40.5. The van der Waals surface area contributed by atoms with Crippen molar-refractivity contribution in [3.8, 4) is 5.75 Å². The van der Waals surface area contributed by atoms with Crippen LogP contribution in [0.4, 0.5) is 11.4 Å². The summed E-state index contributed by atoms with van der Waals surface area (Å²) in [6.07, 6.45) is -11.1. The molecule has 1 aromatic carbocycles. The van der Waals surface area contributed by atoms with Crippen molar-refractivity contribution in [3.63, 3.8) is 0 Å². The summed E-state index contributed by atoms with van der Waals surface area (Å²) in [6, 6.07) is 0.272. The first-order valence-corrected chi connectivity index (χ1v) is 17.3. The lowest BCUT2D eigenvalue weighted by Gasteiger charge is -2.52. The van der Waals surface area contributed by atoms with Crippen LogP contribution in [0.2, 0.25) is 0 Å². The van der Waals surface area contributed by atoms with E-state index in [9.17, 15) is 59.7 Å². The van der Waals surface area contributed by atoms with Crippen LogP contribution < -0.4 is 15.5 Å². The molecule has 9 atom stereocenters. The SMILES string of the molecule is CC(=O)C1=C(O)[C@@H](N(C)C)[C@@H]2C[C@@H]3Cc4c(N(C)C)cc(NC(=O)CNC(C)(C)C)c(O)c4C(=O)C3=C(O[C@@H]3O[C@H](C(=O)O)[C@@H](O)[C@H](O)[C@H]3O)[C@]2(O)C1=O. The van der Waals surface area contributed by atoms with Crippen molar-refractivity contribution in [1.82, 2.24) is 10.2 Å². The first-order valence-electron chi connectivity index (χ1n) is 17.3. The van der Waals surface area contributed by atoms with Crippen molar-refractivity contribution in [1.29, 1.82) is 0 Å². The molecule has 18 heteroatoms. The van der Waals surface area contributed by atoms with Crippen molar-refractivity contribution in [2.24, 2.45) is 11.8 Å². The van der Waals surface area contributed by atoms with Crippen LogP contribution in [-0.4, -0.2) is 152 Å². The van der Waals surface area contributed by atoms with E-state index in [4.69, 9.17) is 9.47 Å². The molecule has 1 aliphatic heterocycles. The van der Waals surface area contributed by atoms with Crippen LogP contribution in [0, 0.1) is 11.8 Å². The summed E-state index contributed by atoms with van der Waals surface area (Å²) in [5.74, 6) is -10.0. The number of benzene rings is 1. The number of amides is 1. The zero-order valence-corrected chi connectivity index (χ0v) is 31.2. The molecule has 0 unspecified atom stereocenters. The molecule has 0 radical (unpaired) electrons. The number of nitrogens with one attached hydrogen (secondary N) is 2. The number of carbonyl (C=O) groups is 5. The summed E-state index contributed by atoms with van der Waals surface area (Å²) < 4.78 is 11.3. The number of aromatic hydroxyl groups is 1. The second-order valence-corrected chi connectivity index (χ2v) is 15.7. The number of nitrogens with zero attached hydrogens (tertiary/aromatic N) is 2. The summed E-state index contributed by atoms with van der Waals surface area (Å²) in [5, 5.41) is 82.9. The maximum absolute atomic E-state index is 14.9. The number of aliphatic hydroxyl groups excluding tert-OH is 4. The summed E-state index contributed by atoms with van der Waals surface area (Å²) in [6.45, 7) is 6.38. The lowest BCUT2D eigenvalue weighted by molar-refractivity contribution is -0.291. The van der Waals surface area contributed by atoms with E-state index in [2.05, 4.69) is 10.6 Å². The van der Waals surface area contributed by atoms with Gasteiger partial charge in [0.25, 0.3) is 0 Å². The maximum Gasteiger partial charge on any atom is 0.335 e. The summed E-state index contributed by atoms with van der Waals surface area (Å²) in [7, 11) is 6.40. The monoisotopic (exact) mass is 760 g/mol. The van der Waals surface area contributed by atoms with Crippen LogP contribution in [0.3, 0.4) is 0 Å². The highest BCUT2D eigenvalue weighted by Gasteiger charge is 2.65. The van der Waals surface area contributed by atoms with Gasteiger partial charge in [-0.2, -0.15) is 0 Å². The molecule has 5 rings (SSSR count). The largest absolute Gasteiger partial charge is 0.510 e. The third-order valence-electron chi connectivity index (χ3n) is 10.4. The standard InChI is InChI=1S/C36H48N4O14/c1-13(41)20-26(45)23(40(7)8)16-10-14-9-15-18(39(5)6)11-17(38-19(42)12-37-35(2,3)4)24(43)22(15)25(44)21(14)32(36(16,52)31(20)49)54-34-29(48)27(46)28(47)30(53-34)33(50)51/h11,14,16,23,27-30,34,37,43,45-48,52H,9-10,12H2,1-8H3,(H,38,42)(H,50,51)/t14-,16-,23-,27-,28-,29+,30-,34-,36+/m0/s1. The molecule has 18 nitrogen and oxygen atoms in total. The fourth-order valence-corrected chi connectivity index (χ4v) is 7.83. The molecule has 0 bridgehead atoms. The molecule has 0 spiro atoms. The molecule has 9 N–H and O–H groups in total. The molecule has 1 saturated heterocycles. The van der Waals surface area contributed by atoms with E-state index in [0.717, 1.165) is 6.92 Å². The van der Waals surface area contributed by atoms with Crippen molar-refractivity contribution in [2.45, 2.75) is 88.4 Å². The van der Waals surface area contributed by atoms with Gasteiger partial charge in [-0.1, -0.05) is 0 Å². The van der Waals surface area contributed by atoms with Crippen LogP contribution in [0.15, 0.2) is 28.7 Å². The first-order chi connectivity index (χ1) is 24.9. The minimum atomic E-state index is -2.95. The number of Topliss-reactive ketones (excluding diaryl/α,β-unsaturated/α-hetero) is 3. The molecule has 3 aliphatic carbocycles. The molecule has 1 fully saturated rings. The highest BCUT2D eigenvalue weighted by atomic mass is 16.7. The number of ether oxygens (including phenoxy) is 2. The number of phenols is 1. The summed E-state index contributed by atoms with van der Waals surface area (Å²) >= 11 is 0. The van der Waals surface area contributed by atoms with Gasteiger partial charge in [0.1, 0.15) is 35.4 Å². The Morgan fingerprint density at radius 2 is 1.67 bits per heavy atom. The number of anilines is 2. The van der Waals surface area contributed by atoms with Gasteiger partial charge in [0.15, 0.2) is 29.0 Å². The van der Waals surface area contributed by atoms with E-state index in [1.54, 1.807) is 19.0 Å². The lowest BCUT2D eigenvalue weighted by Crippen LogP contribution is -2.65. The fraction of sp³-hybridized carbons (Fsp3) is 0.583. The van der Waals surface area contributed by atoms with E-state index < -0.39 is 117 Å². The summed E-state index contributed by atoms with van der Waals surface area (Å²) in [4.78, 5) is 70.2. The second-order valence-electron chi connectivity index (χ2n) is 15.7. The third kappa shape index (κ3) is 6.76. The van der Waals surface area contributed by atoms with Gasteiger partial charge in [0.05, 0.1) is 23.8 Å². The Morgan fingerprint density at radius 3 is 2.20 bits per heavy atom. The van der Waals surface area contributed by atoms with Crippen LogP contribution in [0.5, 0.6) is 5.75 Å². The molecule has 1 heterocycles. The van der Waals surface area contributed by atoms with E-state index in [1.807, 2.05) is 20.8 Å². The molecular weight excluding hydrogens is 712 g/mol. The Bertz CT molecular complexity index is 1850. The van der Waals surface area contributed by atoms with Crippen LogP contribution in [0.1, 0.15) is 50.0 Å². The number of aliphatic hydroxyl groups is 5. The van der Waals surface area contributed by atoms with E-state index >= 15 is 0 Å². The average Bonchev–Trinajstić information content (AvgIpc) is 3.05. The normalized spacial score (nSPS) is 31.1. The smallest absolute Gasteiger partial charge is 0.335 e. The average molecular weight is 761 g/mol. The number of phenolic OH excluding ortho intramolecular Hbond substituents is 1. The third-order valence-corrected chi connectivity index (χ3v) is 10.4. The molecule has 0 aromatic heterocycles. The highest BCUT2D eigenvalue weighted by molar-refractivity contribution is 6.25. The van der Waals surface area contributed by atoms with Crippen molar-refractivity contribution < 1.29 is 69.2 Å². The van der Waals surface area contributed by atoms with Crippen LogP contribution >= 0.6 is 0 Å². The number of fused-ring (bicyclic) bond motifs is 3. The van der Waals surface area contributed by atoms with E-state index in [1.165, 1.54) is 25.1 Å². The summed E-state index contributed by atoms with van der Waals surface area (Å²) in [5.41, 5.74) is -4.29.